The van der Waals surface area contributed by atoms with Crippen LogP contribution in [0.3, 0.4) is 0 Å². The molecule has 0 aromatic heterocycles. The van der Waals surface area contributed by atoms with Crippen molar-refractivity contribution in [2.75, 3.05) is 18.0 Å². The van der Waals surface area contributed by atoms with E-state index in [9.17, 15) is 18.0 Å². The van der Waals surface area contributed by atoms with Gasteiger partial charge in [0, 0.05) is 17.6 Å². The lowest BCUT2D eigenvalue weighted by Crippen LogP contribution is -2.51. The first kappa shape index (κ1) is 13.2. The van der Waals surface area contributed by atoms with E-state index in [2.05, 4.69) is 15.9 Å². The van der Waals surface area contributed by atoms with Crippen molar-refractivity contribution in [3.8, 4) is 0 Å². The Labute approximate surface area is 109 Å². The summed E-state index contributed by atoms with van der Waals surface area (Å²) in [5, 5.41) is 8.72. The third kappa shape index (κ3) is 2.45. The lowest BCUT2D eigenvalue weighted by Gasteiger charge is -2.39. The van der Waals surface area contributed by atoms with Crippen LogP contribution in [0.2, 0.25) is 0 Å². The van der Waals surface area contributed by atoms with Crippen LogP contribution >= 0.6 is 15.9 Å². The van der Waals surface area contributed by atoms with Gasteiger partial charge in [0.25, 0.3) is 0 Å². The predicted octanol–water partition coefficient (Wildman–Crippen LogP) is 2.99. The molecular weight excluding hydrogens is 315 g/mol. The van der Waals surface area contributed by atoms with Crippen LogP contribution in [-0.4, -0.2) is 24.2 Å². The molecular formula is C11H9BrF3NO2. The fourth-order valence-electron chi connectivity index (χ4n) is 1.84. The summed E-state index contributed by atoms with van der Waals surface area (Å²) in [5.41, 5.74) is -0.719. The molecule has 3 nitrogen and oxygen atoms in total. The lowest BCUT2D eigenvalue weighted by atomic mass is 9.98. The van der Waals surface area contributed by atoms with Crippen LogP contribution in [0.1, 0.15) is 5.56 Å². The Balaban J connectivity index is 2.28. The first-order valence-corrected chi connectivity index (χ1v) is 5.93. The molecule has 18 heavy (non-hydrogen) atoms. The highest BCUT2D eigenvalue weighted by molar-refractivity contribution is 9.10. The van der Waals surface area contributed by atoms with E-state index in [4.69, 9.17) is 5.11 Å². The summed E-state index contributed by atoms with van der Waals surface area (Å²) in [6, 6.07) is 3.68. The summed E-state index contributed by atoms with van der Waals surface area (Å²) in [4.78, 5) is 12.1. The largest absolute Gasteiger partial charge is 0.481 e. The molecule has 1 aliphatic heterocycles. The summed E-state index contributed by atoms with van der Waals surface area (Å²) in [6.45, 7) is 0.212. The van der Waals surface area contributed by atoms with Gasteiger partial charge in [-0.15, -0.1) is 0 Å². The van der Waals surface area contributed by atoms with E-state index in [1.54, 1.807) is 0 Å². The quantitative estimate of drug-likeness (QED) is 0.909. The Hall–Kier alpha value is -1.24. The van der Waals surface area contributed by atoms with Crippen molar-refractivity contribution in [3.63, 3.8) is 0 Å². The van der Waals surface area contributed by atoms with Crippen molar-refractivity contribution in [2.24, 2.45) is 5.92 Å². The molecule has 0 aliphatic carbocycles. The van der Waals surface area contributed by atoms with E-state index in [0.29, 0.717) is 4.47 Å². The minimum absolute atomic E-state index is 0.0226. The summed E-state index contributed by atoms with van der Waals surface area (Å²) < 4.78 is 38.9. The minimum Gasteiger partial charge on any atom is -0.481 e. The molecule has 0 amide bonds. The predicted molar refractivity (Wildman–Crippen MR) is 62.5 cm³/mol. The van der Waals surface area contributed by atoms with E-state index in [1.165, 1.54) is 17.0 Å². The van der Waals surface area contributed by atoms with Crippen molar-refractivity contribution in [1.29, 1.82) is 0 Å². The van der Waals surface area contributed by atoms with Gasteiger partial charge in [0.15, 0.2) is 0 Å². The fraction of sp³-hybridized carbons (Fsp3) is 0.364. The second-order valence-corrected chi connectivity index (χ2v) is 5.02. The number of carbonyl (C=O) groups is 1. The van der Waals surface area contributed by atoms with Crippen LogP contribution in [0, 0.1) is 5.92 Å². The van der Waals surface area contributed by atoms with Crippen molar-refractivity contribution in [1.82, 2.24) is 0 Å². The van der Waals surface area contributed by atoms with Crippen molar-refractivity contribution in [3.05, 3.63) is 28.2 Å². The topological polar surface area (TPSA) is 40.5 Å². The number of halogens is 4. The number of hydrogen-bond acceptors (Lipinski definition) is 2. The Kier molecular flexibility index (Phi) is 3.27. The molecule has 7 heteroatoms. The number of aliphatic carboxylic acids is 1. The first-order valence-electron chi connectivity index (χ1n) is 5.13. The summed E-state index contributed by atoms with van der Waals surface area (Å²) in [5.74, 6) is -1.57. The average molecular weight is 324 g/mol. The smallest absolute Gasteiger partial charge is 0.418 e. The fourth-order valence-corrected chi connectivity index (χ4v) is 2.19. The van der Waals surface area contributed by atoms with Gasteiger partial charge < -0.3 is 10.0 Å². The molecule has 2 rings (SSSR count). The zero-order valence-electron chi connectivity index (χ0n) is 9.04. The van der Waals surface area contributed by atoms with E-state index in [1.807, 2.05) is 0 Å². The SMILES string of the molecule is O=C(O)C1CN(c2cc(Br)ccc2C(F)(F)F)C1. The zero-order valence-corrected chi connectivity index (χ0v) is 10.6. The van der Waals surface area contributed by atoms with E-state index < -0.39 is 23.6 Å². The monoisotopic (exact) mass is 323 g/mol. The highest BCUT2D eigenvalue weighted by Gasteiger charge is 2.39. The number of nitrogens with zero attached hydrogens (tertiary/aromatic N) is 1. The van der Waals surface area contributed by atoms with Gasteiger partial charge in [0.05, 0.1) is 17.2 Å². The molecule has 1 saturated heterocycles. The second kappa shape index (κ2) is 4.46. The van der Waals surface area contributed by atoms with Crippen LogP contribution in [0.5, 0.6) is 0 Å². The van der Waals surface area contributed by atoms with Gasteiger partial charge in [0.2, 0.25) is 0 Å². The molecule has 1 heterocycles. The highest BCUT2D eigenvalue weighted by Crippen LogP contribution is 2.40. The van der Waals surface area contributed by atoms with Gasteiger partial charge >= 0.3 is 12.1 Å². The summed E-state index contributed by atoms with van der Waals surface area (Å²) in [6.07, 6.45) is -4.44. The molecule has 98 valence electrons. The second-order valence-electron chi connectivity index (χ2n) is 4.10. The van der Waals surface area contributed by atoms with Crippen molar-refractivity contribution in [2.45, 2.75) is 6.18 Å². The molecule has 1 aliphatic rings. The summed E-state index contributed by atoms with van der Waals surface area (Å²) >= 11 is 3.12. The maximum Gasteiger partial charge on any atom is 0.418 e. The molecule has 0 radical (unpaired) electrons. The Bertz CT molecular complexity index is 484. The molecule has 0 spiro atoms. The first-order chi connectivity index (χ1) is 8.29. The Morgan fingerprint density at radius 2 is 2.00 bits per heavy atom. The normalized spacial score (nSPS) is 16.6. The van der Waals surface area contributed by atoms with Gasteiger partial charge in [-0.05, 0) is 18.2 Å². The van der Waals surface area contributed by atoms with Crippen LogP contribution < -0.4 is 4.90 Å². The number of hydrogen-bond donors (Lipinski definition) is 1. The van der Waals surface area contributed by atoms with Crippen LogP contribution in [0.25, 0.3) is 0 Å². The number of benzene rings is 1. The maximum atomic E-state index is 12.8. The zero-order chi connectivity index (χ0) is 13.5. The highest BCUT2D eigenvalue weighted by atomic mass is 79.9. The van der Waals surface area contributed by atoms with Gasteiger partial charge in [-0.3, -0.25) is 4.79 Å². The molecule has 1 N–H and O–H groups in total. The van der Waals surface area contributed by atoms with E-state index in [0.717, 1.165) is 6.07 Å². The van der Waals surface area contributed by atoms with E-state index >= 15 is 0 Å². The van der Waals surface area contributed by atoms with Gasteiger partial charge in [-0.2, -0.15) is 13.2 Å². The van der Waals surface area contributed by atoms with Crippen LogP contribution in [0.15, 0.2) is 22.7 Å². The van der Waals surface area contributed by atoms with Gasteiger partial charge in [-0.1, -0.05) is 15.9 Å². The number of carboxylic acid groups (broad SMARTS) is 1. The van der Waals surface area contributed by atoms with Crippen LogP contribution in [0.4, 0.5) is 18.9 Å². The van der Waals surface area contributed by atoms with Crippen LogP contribution in [-0.2, 0) is 11.0 Å². The number of anilines is 1. The van der Waals surface area contributed by atoms with E-state index in [-0.39, 0.29) is 18.8 Å². The standard InChI is InChI=1S/C11H9BrF3NO2/c12-7-1-2-8(11(13,14)15)9(3-7)16-4-6(5-16)10(17)18/h1-3,6H,4-5H2,(H,17,18). The van der Waals surface area contributed by atoms with Gasteiger partial charge in [-0.25, -0.2) is 0 Å². The molecule has 1 aromatic carbocycles. The molecule has 0 unspecified atom stereocenters. The third-order valence-corrected chi connectivity index (χ3v) is 3.33. The Morgan fingerprint density at radius 1 is 1.39 bits per heavy atom. The minimum atomic E-state index is -4.44. The molecule has 1 aromatic rings. The maximum absolute atomic E-state index is 12.8. The molecule has 0 atom stereocenters. The van der Waals surface area contributed by atoms with Crippen molar-refractivity contribution < 1.29 is 23.1 Å². The summed E-state index contributed by atoms with van der Waals surface area (Å²) in [7, 11) is 0. The molecule has 1 fully saturated rings. The number of carboxylic acids is 1. The number of alkyl halides is 3. The average Bonchev–Trinajstić information content (AvgIpc) is 2.12. The Morgan fingerprint density at radius 3 is 2.50 bits per heavy atom. The molecule has 0 saturated carbocycles. The van der Waals surface area contributed by atoms with Crippen molar-refractivity contribution >= 4 is 27.6 Å². The third-order valence-electron chi connectivity index (χ3n) is 2.84. The van der Waals surface area contributed by atoms with Gasteiger partial charge in [0.1, 0.15) is 0 Å². The lowest BCUT2D eigenvalue weighted by molar-refractivity contribution is -0.142. The molecule has 0 bridgehead atoms. The number of rotatable bonds is 2.